The van der Waals surface area contributed by atoms with Gasteiger partial charge in [-0.15, -0.1) is 11.3 Å². The third-order valence-electron chi connectivity index (χ3n) is 5.24. The lowest BCUT2D eigenvalue weighted by Crippen LogP contribution is -2.40. The maximum absolute atomic E-state index is 12.7. The molecule has 0 spiro atoms. The van der Waals surface area contributed by atoms with E-state index in [1.807, 2.05) is 60.0 Å². The highest BCUT2D eigenvalue weighted by atomic mass is 32.1. The summed E-state index contributed by atoms with van der Waals surface area (Å²) in [5.74, 6) is -0.0361. The van der Waals surface area contributed by atoms with E-state index in [1.165, 1.54) is 22.5 Å². The highest BCUT2D eigenvalue weighted by molar-refractivity contribution is 7.13. The number of thiazole rings is 1. The van der Waals surface area contributed by atoms with Gasteiger partial charge in [0.15, 0.2) is 0 Å². The SMILES string of the molecule is CC(CNC(=O)Cc1csc(-c2ccccn2)n1)(c1ccccc1)c1ccccc1. The van der Waals surface area contributed by atoms with Crippen LogP contribution in [0, 0.1) is 0 Å². The summed E-state index contributed by atoms with van der Waals surface area (Å²) >= 11 is 1.51. The van der Waals surface area contributed by atoms with Crippen LogP contribution in [0.25, 0.3) is 10.7 Å². The summed E-state index contributed by atoms with van der Waals surface area (Å²) in [6.45, 7) is 2.68. The summed E-state index contributed by atoms with van der Waals surface area (Å²) in [4.78, 5) is 21.6. The van der Waals surface area contributed by atoms with E-state index in [4.69, 9.17) is 0 Å². The van der Waals surface area contributed by atoms with Crippen LogP contribution in [0.5, 0.6) is 0 Å². The maximum Gasteiger partial charge on any atom is 0.226 e. The number of hydrogen-bond donors (Lipinski definition) is 1. The van der Waals surface area contributed by atoms with E-state index < -0.39 is 0 Å². The highest BCUT2D eigenvalue weighted by Crippen LogP contribution is 2.31. The molecule has 0 aliphatic heterocycles. The minimum Gasteiger partial charge on any atom is -0.355 e. The Balaban J connectivity index is 1.47. The number of benzene rings is 2. The van der Waals surface area contributed by atoms with E-state index in [-0.39, 0.29) is 17.7 Å². The van der Waals surface area contributed by atoms with Crippen molar-refractivity contribution in [2.24, 2.45) is 0 Å². The summed E-state index contributed by atoms with van der Waals surface area (Å²) < 4.78 is 0. The summed E-state index contributed by atoms with van der Waals surface area (Å²) in [6.07, 6.45) is 2.00. The van der Waals surface area contributed by atoms with Crippen molar-refractivity contribution in [3.8, 4) is 10.7 Å². The zero-order valence-corrected chi connectivity index (χ0v) is 17.6. The van der Waals surface area contributed by atoms with Crippen LogP contribution in [0.15, 0.2) is 90.4 Å². The molecule has 0 bridgehead atoms. The second-order valence-electron chi connectivity index (χ2n) is 7.38. The number of rotatable bonds is 7. The Morgan fingerprint density at radius 2 is 1.57 bits per heavy atom. The topological polar surface area (TPSA) is 54.9 Å². The quantitative estimate of drug-likeness (QED) is 0.470. The Morgan fingerprint density at radius 1 is 0.933 bits per heavy atom. The van der Waals surface area contributed by atoms with Gasteiger partial charge in [0.05, 0.1) is 17.8 Å². The van der Waals surface area contributed by atoms with E-state index in [9.17, 15) is 4.79 Å². The van der Waals surface area contributed by atoms with E-state index in [0.717, 1.165) is 16.4 Å². The van der Waals surface area contributed by atoms with Gasteiger partial charge in [-0.3, -0.25) is 9.78 Å². The van der Waals surface area contributed by atoms with Gasteiger partial charge in [-0.05, 0) is 30.2 Å². The Hall–Kier alpha value is -3.31. The second-order valence-corrected chi connectivity index (χ2v) is 8.23. The van der Waals surface area contributed by atoms with Gasteiger partial charge >= 0.3 is 0 Å². The molecule has 0 aliphatic carbocycles. The van der Waals surface area contributed by atoms with Crippen molar-refractivity contribution in [3.05, 3.63) is 107 Å². The molecule has 30 heavy (non-hydrogen) atoms. The fourth-order valence-electron chi connectivity index (χ4n) is 3.48. The smallest absolute Gasteiger partial charge is 0.226 e. The molecule has 4 nitrogen and oxygen atoms in total. The number of amides is 1. The third kappa shape index (κ3) is 4.47. The van der Waals surface area contributed by atoms with Crippen LogP contribution in [0.4, 0.5) is 0 Å². The normalized spacial score (nSPS) is 11.2. The maximum atomic E-state index is 12.7. The zero-order valence-electron chi connectivity index (χ0n) is 16.8. The fourth-order valence-corrected chi connectivity index (χ4v) is 4.28. The van der Waals surface area contributed by atoms with E-state index in [2.05, 4.69) is 46.5 Å². The molecule has 0 unspecified atom stereocenters. The third-order valence-corrected chi connectivity index (χ3v) is 6.15. The van der Waals surface area contributed by atoms with Crippen molar-refractivity contribution < 1.29 is 4.79 Å². The summed E-state index contributed by atoms with van der Waals surface area (Å²) in [5, 5.41) is 5.89. The van der Waals surface area contributed by atoms with Crippen LogP contribution in [0.1, 0.15) is 23.7 Å². The van der Waals surface area contributed by atoms with E-state index in [1.54, 1.807) is 6.20 Å². The lowest BCUT2D eigenvalue weighted by Gasteiger charge is -2.31. The number of nitrogens with zero attached hydrogens (tertiary/aromatic N) is 2. The predicted molar refractivity (Wildman–Crippen MR) is 121 cm³/mol. The fraction of sp³-hybridized carbons (Fsp3) is 0.160. The van der Waals surface area contributed by atoms with E-state index >= 15 is 0 Å². The van der Waals surface area contributed by atoms with E-state index in [0.29, 0.717) is 6.54 Å². The molecule has 0 radical (unpaired) electrons. The molecule has 2 aromatic heterocycles. The van der Waals surface area contributed by atoms with Crippen molar-refractivity contribution in [2.45, 2.75) is 18.8 Å². The van der Waals surface area contributed by atoms with Crippen molar-refractivity contribution >= 4 is 17.2 Å². The molecule has 5 heteroatoms. The highest BCUT2D eigenvalue weighted by Gasteiger charge is 2.29. The van der Waals surface area contributed by atoms with Crippen LogP contribution < -0.4 is 5.32 Å². The largest absolute Gasteiger partial charge is 0.355 e. The van der Waals surface area contributed by atoms with Gasteiger partial charge in [0.25, 0.3) is 0 Å². The number of hydrogen-bond acceptors (Lipinski definition) is 4. The lowest BCUT2D eigenvalue weighted by atomic mass is 9.76. The van der Waals surface area contributed by atoms with Gasteiger partial charge in [0.2, 0.25) is 5.91 Å². The molecule has 2 aromatic carbocycles. The van der Waals surface area contributed by atoms with Crippen LogP contribution in [-0.4, -0.2) is 22.4 Å². The monoisotopic (exact) mass is 413 g/mol. The van der Waals surface area contributed by atoms with Gasteiger partial charge in [-0.1, -0.05) is 66.7 Å². The minimum atomic E-state index is -0.320. The van der Waals surface area contributed by atoms with Crippen LogP contribution >= 0.6 is 11.3 Å². The van der Waals surface area contributed by atoms with Gasteiger partial charge in [0.1, 0.15) is 5.01 Å². The van der Waals surface area contributed by atoms with Crippen LogP contribution in [0.3, 0.4) is 0 Å². The Kier molecular flexibility index (Phi) is 6.00. The summed E-state index contributed by atoms with van der Waals surface area (Å²) in [5.41, 5.74) is 3.61. The number of pyridine rings is 1. The zero-order chi connectivity index (χ0) is 20.8. The van der Waals surface area contributed by atoms with Crippen molar-refractivity contribution in [1.82, 2.24) is 15.3 Å². The van der Waals surface area contributed by atoms with Crippen LogP contribution in [0.2, 0.25) is 0 Å². The van der Waals surface area contributed by atoms with Crippen LogP contribution in [-0.2, 0) is 16.6 Å². The van der Waals surface area contributed by atoms with Crippen molar-refractivity contribution in [3.63, 3.8) is 0 Å². The Morgan fingerprint density at radius 3 is 2.17 bits per heavy atom. The second kappa shape index (κ2) is 9.01. The first-order valence-electron chi connectivity index (χ1n) is 9.89. The molecule has 4 rings (SSSR count). The standard InChI is InChI=1S/C25H23N3OS/c1-25(19-10-4-2-5-11-19,20-12-6-3-7-13-20)18-27-23(29)16-21-17-30-24(28-21)22-14-8-9-15-26-22/h2-15,17H,16,18H2,1H3,(H,27,29). The van der Waals surface area contributed by atoms with Gasteiger partial charge in [0, 0.05) is 23.5 Å². The first-order chi connectivity index (χ1) is 14.6. The Bertz CT molecular complexity index is 1060. The predicted octanol–water partition coefficient (Wildman–Crippen LogP) is 4.87. The average Bonchev–Trinajstić information content (AvgIpc) is 3.28. The molecule has 1 N–H and O–H groups in total. The van der Waals surface area contributed by atoms with Gasteiger partial charge in [-0.2, -0.15) is 0 Å². The van der Waals surface area contributed by atoms with Gasteiger partial charge in [-0.25, -0.2) is 4.98 Å². The summed E-state index contributed by atoms with van der Waals surface area (Å²) in [7, 11) is 0. The number of carbonyl (C=O) groups excluding carboxylic acids is 1. The molecule has 1 amide bonds. The molecule has 4 aromatic rings. The number of nitrogens with one attached hydrogen (secondary N) is 1. The summed E-state index contributed by atoms with van der Waals surface area (Å²) in [6, 6.07) is 26.3. The molecule has 2 heterocycles. The lowest BCUT2D eigenvalue weighted by molar-refractivity contribution is -0.120. The number of carbonyl (C=O) groups is 1. The molecule has 0 saturated heterocycles. The average molecular weight is 414 g/mol. The van der Waals surface area contributed by atoms with Crippen molar-refractivity contribution in [1.29, 1.82) is 0 Å². The molecular formula is C25H23N3OS. The molecule has 0 saturated carbocycles. The minimum absolute atomic E-state index is 0.0361. The first-order valence-corrected chi connectivity index (χ1v) is 10.8. The molecule has 0 fully saturated rings. The Labute approximate surface area is 180 Å². The molecule has 0 atom stereocenters. The van der Waals surface area contributed by atoms with Gasteiger partial charge < -0.3 is 5.32 Å². The molecule has 150 valence electrons. The van der Waals surface area contributed by atoms with Crippen molar-refractivity contribution in [2.75, 3.05) is 6.54 Å². The molecular weight excluding hydrogens is 390 g/mol. The first kappa shape index (κ1) is 20.0. The molecule has 0 aliphatic rings. The number of aromatic nitrogens is 2.